The smallest absolute Gasteiger partial charge is 0.171 e. The predicted octanol–water partition coefficient (Wildman–Crippen LogP) is 4.05. The fourth-order valence-electron chi connectivity index (χ4n) is 3.82. The summed E-state index contributed by atoms with van der Waals surface area (Å²) in [6, 6.07) is 17.4. The second-order valence-corrected chi connectivity index (χ2v) is 7.68. The molecule has 0 aliphatic carbocycles. The molecule has 0 unspecified atom stereocenters. The summed E-state index contributed by atoms with van der Waals surface area (Å²) in [5, 5.41) is 7.50. The summed E-state index contributed by atoms with van der Waals surface area (Å²) in [4.78, 5) is 2.48. The molecule has 144 valence electrons. The summed E-state index contributed by atoms with van der Waals surface area (Å²) in [6.45, 7) is 9.82. The van der Waals surface area contributed by atoms with Crippen molar-refractivity contribution in [2.45, 2.75) is 32.9 Å². The fraction of sp³-hybridized carbons (Fsp3) is 0.409. The van der Waals surface area contributed by atoms with E-state index in [0.29, 0.717) is 5.11 Å². The summed E-state index contributed by atoms with van der Waals surface area (Å²) in [6.07, 6.45) is 0. The topological polar surface area (TPSA) is 36.5 Å². The molecule has 0 saturated carbocycles. The molecule has 5 heteroatoms. The molecule has 2 aromatic rings. The summed E-state index contributed by atoms with van der Waals surface area (Å²) in [5.74, 6) is 0. The number of nitrogens with zero attached hydrogens (tertiary/aromatic N) is 1. The number of thiocarbonyl (C=S) groups is 1. The lowest BCUT2D eigenvalue weighted by molar-refractivity contribution is 0.0102. The summed E-state index contributed by atoms with van der Waals surface area (Å²) in [7, 11) is 0. The van der Waals surface area contributed by atoms with Crippen LogP contribution in [0.4, 0.5) is 5.69 Å². The van der Waals surface area contributed by atoms with E-state index in [0.717, 1.165) is 32.0 Å². The van der Waals surface area contributed by atoms with Gasteiger partial charge in [-0.1, -0.05) is 36.4 Å². The van der Waals surface area contributed by atoms with Crippen molar-refractivity contribution in [1.82, 2.24) is 10.2 Å². The Hall–Kier alpha value is -1.95. The second-order valence-electron chi connectivity index (χ2n) is 7.27. The molecule has 0 bridgehead atoms. The van der Waals surface area contributed by atoms with Gasteiger partial charge < -0.3 is 15.4 Å². The maximum absolute atomic E-state index is 5.60. The molecular formula is C22H29N3OS. The first-order chi connectivity index (χ1) is 13.0. The molecule has 2 aromatic carbocycles. The van der Waals surface area contributed by atoms with Gasteiger partial charge in [0.15, 0.2) is 5.11 Å². The number of ether oxygens (including phenoxy) is 1. The van der Waals surface area contributed by atoms with E-state index in [9.17, 15) is 0 Å². The standard InChI is InChI=1S/C22H29N3OS/c1-16-13-17(2)15-20(14-16)24-22(27)23-18(3)21(19-7-5-4-6-8-19)25-9-11-26-12-10-25/h4-8,13-15,18,21H,9-12H2,1-3H3,(H2,23,24,27)/t18-,21-/m0/s1. The molecule has 2 N–H and O–H groups in total. The molecule has 1 saturated heterocycles. The van der Waals surface area contributed by atoms with E-state index in [1.807, 2.05) is 0 Å². The van der Waals surface area contributed by atoms with Gasteiger partial charge in [0.05, 0.1) is 19.3 Å². The van der Waals surface area contributed by atoms with E-state index in [4.69, 9.17) is 17.0 Å². The fourth-order valence-corrected chi connectivity index (χ4v) is 4.13. The Kier molecular flexibility index (Phi) is 6.83. The van der Waals surface area contributed by atoms with Gasteiger partial charge in [-0.15, -0.1) is 0 Å². The maximum Gasteiger partial charge on any atom is 0.171 e. The molecular weight excluding hydrogens is 354 g/mol. The van der Waals surface area contributed by atoms with E-state index in [-0.39, 0.29) is 12.1 Å². The van der Waals surface area contributed by atoms with Crippen molar-refractivity contribution in [2.24, 2.45) is 0 Å². The first-order valence-corrected chi connectivity index (χ1v) is 9.96. The van der Waals surface area contributed by atoms with E-state index < -0.39 is 0 Å². The average Bonchev–Trinajstić information content (AvgIpc) is 2.62. The molecule has 3 rings (SSSR count). The van der Waals surface area contributed by atoms with Crippen LogP contribution in [0.2, 0.25) is 0 Å². The van der Waals surface area contributed by atoms with E-state index >= 15 is 0 Å². The third-order valence-corrected chi connectivity index (χ3v) is 5.11. The van der Waals surface area contributed by atoms with Gasteiger partial charge >= 0.3 is 0 Å². The lowest BCUT2D eigenvalue weighted by Crippen LogP contribution is -2.49. The van der Waals surface area contributed by atoms with E-state index in [1.165, 1.54) is 16.7 Å². The highest BCUT2D eigenvalue weighted by Crippen LogP contribution is 2.25. The van der Waals surface area contributed by atoms with Gasteiger partial charge in [0.25, 0.3) is 0 Å². The van der Waals surface area contributed by atoms with Crippen molar-refractivity contribution >= 4 is 23.0 Å². The molecule has 0 aromatic heterocycles. The second kappa shape index (κ2) is 9.31. The molecule has 1 fully saturated rings. The zero-order valence-corrected chi connectivity index (χ0v) is 17.2. The van der Waals surface area contributed by atoms with Crippen molar-refractivity contribution in [3.05, 3.63) is 65.2 Å². The molecule has 0 amide bonds. The number of hydrogen-bond donors (Lipinski definition) is 2. The van der Waals surface area contributed by atoms with Crippen LogP contribution >= 0.6 is 12.2 Å². The first kappa shape index (κ1) is 19.8. The molecule has 1 heterocycles. The van der Waals surface area contributed by atoms with Gasteiger partial charge in [-0.05, 0) is 61.8 Å². The predicted molar refractivity (Wildman–Crippen MR) is 116 cm³/mol. The van der Waals surface area contributed by atoms with Gasteiger partial charge in [-0.25, -0.2) is 0 Å². The van der Waals surface area contributed by atoms with Gasteiger partial charge in [0.2, 0.25) is 0 Å². The number of morpholine rings is 1. The van der Waals surface area contributed by atoms with Crippen LogP contribution in [0.25, 0.3) is 0 Å². The van der Waals surface area contributed by atoms with Gasteiger partial charge in [-0.3, -0.25) is 4.90 Å². The van der Waals surface area contributed by atoms with Crippen LogP contribution in [-0.2, 0) is 4.74 Å². The van der Waals surface area contributed by atoms with E-state index in [1.54, 1.807) is 0 Å². The van der Waals surface area contributed by atoms with Crippen LogP contribution in [-0.4, -0.2) is 42.4 Å². The van der Waals surface area contributed by atoms with Gasteiger partial charge in [0, 0.05) is 24.8 Å². The minimum absolute atomic E-state index is 0.163. The average molecular weight is 384 g/mol. The van der Waals surface area contributed by atoms with Crippen molar-refractivity contribution in [2.75, 3.05) is 31.6 Å². The maximum atomic E-state index is 5.60. The van der Waals surface area contributed by atoms with Crippen molar-refractivity contribution < 1.29 is 4.74 Å². The molecule has 0 radical (unpaired) electrons. The normalized spacial score (nSPS) is 17.1. The minimum atomic E-state index is 0.163. The molecule has 2 atom stereocenters. The van der Waals surface area contributed by atoms with Crippen LogP contribution in [0.5, 0.6) is 0 Å². The van der Waals surface area contributed by atoms with Crippen LogP contribution < -0.4 is 10.6 Å². The number of nitrogens with one attached hydrogen (secondary N) is 2. The monoisotopic (exact) mass is 383 g/mol. The third-order valence-electron chi connectivity index (χ3n) is 4.89. The van der Waals surface area contributed by atoms with E-state index in [2.05, 4.69) is 84.8 Å². The summed E-state index contributed by atoms with van der Waals surface area (Å²) >= 11 is 5.60. The Morgan fingerprint density at radius 2 is 1.67 bits per heavy atom. The summed E-state index contributed by atoms with van der Waals surface area (Å²) < 4.78 is 5.55. The van der Waals surface area contributed by atoms with Crippen molar-refractivity contribution in [3.63, 3.8) is 0 Å². The SMILES string of the molecule is Cc1cc(C)cc(NC(=S)N[C@@H](C)[C@@H](c2ccccc2)N2CCOCC2)c1. The molecule has 1 aliphatic heterocycles. The lowest BCUT2D eigenvalue weighted by atomic mass is 9.98. The molecule has 1 aliphatic rings. The van der Waals surface area contributed by atoms with Gasteiger partial charge in [0.1, 0.15) is 0 Å². The van der Waals surface area contributed by atoms with Crippen LogP contribution in [0.1, 0.15) is 29.7 Å². The number of rotatable bonds is 5. The Morgan fingerprint density at radius 1 is 1.04 bits per heavy atom. The van der Waals surface area contributed by atoms with Crippen LogP contribution in [0.15, 0.2) is 48.5 Å². The number of hydrogen-bond acceptors (Lipinski definition) is 3. The number of anilines is 1. The highest BCUT2D eigenvalue weighted by Gasteiger charge is 2.28. The number of aryl methyl sites for hydroxylation is 2. The highest BCUT2D eigenvalue weighted by atomic mass is 32.1. The van der Waals surface area contributed by atoms with Gasteiger partial charge in [-0.2, -0.15) is 0 Å². The molecule has 27 heavy (non-hydrogen) atoms. The largest absolute Gasteiger partial charge is 0.379 e. The van der Waals surface area contributed by atoms with Crippen molar-refractivity contribution in [1.29, 1.82) is 0 Å². The van der Waals surface area contributed by atoms with Crippen molar-refractivity contribution in [3.8, 4) is 0 Å². The zero-order valence-electron chi connectivity index (χ0n) is 16.4. The Labute approximate surface area is 167 Å². The van der Waals surface area contributed by atoms with Crippen LogP contribution in [0.3, 0.4) is 0 Å². The zero-order chi connectivity index (χ0) is 19.2. The Morgan fingerprint density at radius 3 is 2.30 bits per heavy atom. The molecule has 4 nitrogen and oxygen atoms in total. The lowest BCUT2D eigenvalue weighted by Gasteiger charge is -2.38. The minimum Gasteiger partial charge on any atom is -0.379 e. The molecule has 0 spiro atoms. The first-order valence-electron chi connectivity index (χ1n) is 9.55. The summed E-state index contributed by atoms with van der Waals surface area (Å²) in [5.41, 5.74) is 4.78. The third kappa shape index (κ3) is 5.51. The number of benzene rings is 2. The Bertz CT molecular complexity index is 739. The Balaban J connectivity index is 1.71. The highest BCUT2D eigenvalue weighted by molar-refractivity contribution is 7.80. The van der Waals surface area contributed by atoms with Crippen LogP contribution in [0, 0.1) is 13.8 Å². The quantitative estimate of drug-likeness (QED) is 0.762.